The first-order valence-corrected chi connectivity index (χ1v) is 17.7. The minimum absolute atomic E-state index is 0.0319. The first-order valence-electron chi connectivity index (χ1n) is 17.3. The van der Waals surface area contributed by atoms with Crippen LogP contribution in [0.25, 0.3) is 5.57 Å². The highest BCUT2D eigenvalue weighted by Gasteiger charge is 2.66. The number of fused-ring (bicyclic) bond motifs is 4. The Bertz CT molecular complexity index is 2160. The lowest BCUT2D eigenvalue weighted by Gasteiger charge is -2.55. The van der Waals surface area contributed by atoms with E-state index in [2.05, 4.69) is 0 Å². The molecule has 8 rings (SSSR count). The van der Waals surface area contributed by atoms with Crippen LogP contribution in [-0.4, -0.2) is 35.6 Å². The minimum Gasteiger partial charge on any atom is -0.503 e. The lowest BCUT2D eigenvalue weighted by Crippen LogP contribution is -2.58. The molecule has 1 aliphatic heterocycles. The molecule has 256 valence electrons. The van der Waals surface area contributed by atoms with Crippen LogP contribution in [0.3, 0.4) is 0 Å². The molecule has 0 bridgehead atoms. The number of nitrogens with zero attached hydrogens (tertiary/aromatic N) is 1. The fraction of sp³-hybridized carbons (Fsp3) is 0.256. The molecule has 0 radical (unpaired) electrons. The Morgan fingerprint density at radius 3 is 2.24 bits per heavy atom. The number of Topliss-reactive ketones (excluding diaryl/α,β-unsaturated/α-hetero) is 1. The van der Waals surface area contributed by atoms with Gasteiger partial charge in [0.05, 0.1) is 35.1 Å². The van der Waals surface area contributed by atoms with Crippen molar-refractivity contribution in [3.05, 3.63) is 142 Å². The summed E-state index contributed by atoms with van der Waals surface area (Å²) in [5.41, 5.74) is 3.20. The van der Waals surface area contributed by atoms with Gasteiger partial charge in [0.15, 0.2) is 23.1 Å². The summed E-state index contributed by atoms with van der Waals surface area (Å²) in [6.07, 6.45) is 4.80. The third-order valence-electron chi connectivity index (χ3n) is 11.6. The van der Waals surface area contributed by atoms with Gasteiger partial charge in [-0.2, -0.15) is 0 Å². The normalized spacial score (nSPS) is 27.0. The van der Waals surface area contributed by atoms with Gasteiger partial charge in [-0.25, -0.2) is 0 Å². The number of aromatic hydroxyl groups is 1. The van der Waals surface area contributed by atoms with Gasteiger partial charge in [-0.1, -0.05) is 103 Å². The molecular weight excluding hydrogens is 662 g/mol. The fourth-order valence-corrected chi connectivity index (χ4v) is 9.52. The lowest BCUT2D eigenvalue weighted by molar-refractivity contribution is -0.135. The van der Waals surface area contributed by atoms with Gasteiger partial charge in [-0.3, -0.25) is 24.1 Å². The number of allylic oxidation sites excluding steroid dienone is 4. The number of methoxy groups -OCH3 is 1. The zero-order chi connectivity index (χ0) is 35.6. The Kier molecular flexibility index (Phi) is 8.06. The Hall–Kier alpha value is -5.27. The van der Waals surface area contributed by atoms with Gasteiger partial charge in [-0.15, -0.1) is 0 Å². The number of imide groups is 1. The second-order valence-electron chi connectivity index (χ2n) is 13.9. The molecule has 0 spiro atoms. The summed E-state index contributed by atoms with van der Waals surface area (Å²) < 4.78 is 5.55. The summed E-state index contributed by atoms with van der Waals surface area (Å²) in [4.78, 5) is 60.2. The van der Waals surface area contributed by atoms with E-state index in [1.165, 1.54) is 18.1 Å². The first kappa shape index (κ1) is 32.9. The lowest BCUT2D eigenvalue weighted by atomic mass is 9.44. The van der Waals surface area contributed by atoms with Crippen LogP contribution in [0.4, 0.5) is 5.69 Å². The Morgan fingerprint density at radius 2 is 1.57 bits per heavy atom. The summed E-state index contributed by atoms with van der Waals surface area (Å²) in [5.74, 6) is -4.65. The Balaban J connectivity index is 1.36. The molecule has 7 nitrogen and oxygen atoms in total. The van der Waals surface area contributed by atoms with Crippen LogP contribution in [-0.2, 0) is 31.0 Å². The van der Waals surface area contributed by atoms with E-state index >= 15 is 9.59 Å². The average Bonchev–Trinajstić information content (AvgIpc) is 3.42. The van der Waals surface area contributed by atoms with Gasteiger partial charge in [0, 0.05) is 17.4 Å². The standard InChI is InChI=1S/C43H36ClNO6/c1-3-24-14-16-28(17-15-24)45-41(49)30-19-18-29-32(37(30)42(45)50)22-33-39(47)31(25-10-6-4-7-11-25)23-36(46)43(33,27-12-8-5-9-13-27)38(29)26-20-34(44)40(48)35(21-26)51-2/h4-18,20-21,23,30,32-33,37-38,48H,3,19,22H2,1-2H3/t30-,32+,33-,37-,38-,43-/m0/s1. The second-order valence-corrected chi connectivity index (χ2v) is 14.3. The molecule has 1 saturated carbocycles. The number of halogens is 1. The van der Waals surface area contributed by atoms with Gasteiger partial charge in [0.1, 0.15) is 0 Å². The SMILES string of the molecule is CCc1ccc(N2C(=O)[C@H]3[C@H](CC=C4[C@H]3C[C@H]3C(=O)C(c5ccccc5)=CC(=O)[C@@]3(c3ccccc3)[C@H]4c3cc(Cl)c(O)c(OC)c3)C2=O)cc1. The Labute approximate surface area is 301 Å². The predicted molar refractivity (Wildman–Crippen MR) is 195 cm³/mol. The number of benzene rings is 4. The molecule has 4 aromatic carbocycles. The molecule has 2 amide bonds. The van der Waals surface area contributed by atoms with Crippen LogP contribution in [0.15, 0.2) is 115 Å². The van der Waals surface area contributed by atoms with Gasteiger partial charge in [0.25, 0.3) is 0 Å². The van der Waals surface area contributed by atoms with Gasteiger partial charge in [-0.05, 0) is 77.8 Å². The van der Waals surface area contributed by atoms with Crippen LogP contribution in [0.2, 0.25) is 5.02 Å². The van der Waals surface area contributed by atoms with E-state index in [-0.39, 0.29) is 46.3 Å². The highest BCUT2D eigenvalue weighted by molar-refractivity contribution is 6.33. The number of rotatable bonds is 6. The van der Waals surface area contributed by atoms with Gasteiger partial charge < -0.3 is 9.84 Å². The van der Waals surface area contributed by atoms with E-state index in [9.17, 15) is 14.7 Å². The molecule has 0 aromatic heterocycles. The largest absolute Gasteiger partial charge is 0.503 e. The Morgan fingerprint density at radius 1 is 0.882 bits per heavy atom. The second kappa shape index (κ2) is 12.5. The number of carbonyl (C=O) groups is 4. The van der Waals surface area contributed by atoms with E-state index in [0.29, 0.717) is 34.4 Å². The number of ether oxygens (including phenoxy) is 1. The number of hydrogen-bond donors (Lipinski definition) is 1. The molecule has 6 atom stereocenters. The molecule has 2 fully saturated rings. The van der Waals surface area contributed by atoms with Crippen molar-refractivity contribution in [2.45, 2.75) is 37.5 Å². The van der Waals surface area contributed by atoms with Crippen molar-refractivity contribution < 1.29 is 29.0 Å². The van der Waals surface area contributed by atoms with E-state index in [0.717, 1.165) is 17.6 Å². The minimum atomic E-state index is -1.42. The zero-order valence-electron chi connectivity index (χ0n) is 28.2. The molecule has 51 heavy (non-hydrogen) atoms. The molecule has 4 aromatic rings. The summed E-state index contributed by atoms with van der Waals surface area (Å²) in [7, 11) is 1.42. The van der Waals surface area contributed by atoms with E-state index in [1.807, 2.05) is 97.9 Å². The van der Waals surface area contributed by atoms with Crippen molar-refractivity contribution in [1.82, 2.24) is 0 Å². The molecule has 8 heteroatoms. The third kappa shape index (κ3) is 4.85. The molecular formula is C43H36ClNO6. The fourth-order valence-electron chi connectivity index (χ4n) is 9.30. The maximum absolute atomic E-state index is 15.2. The number of phenolic OH excluding ortho intramolecular Hbond substituents is 1. The van der Waals surface area contributed by atoms with Crippen molar-refractivity contribution in [3.8, 4) is 11.5 Å². The van der Waals surface area contributed by atoms with Gasteiger partial charge in [0.2, 0.25) is 11.8 Å². The molecule has 0 unspecified atom stereocenters. The molecule has 1 heterocycles. The first-order chi connectivity index (χ1) is 24.7. The highest BCUT2D eigenvalue weighted by atomic mass is 35.5. The summed E-state index contributed by atoms with van der Waals surface area (Å²) >= 11 is 6.65. The smallest absolute Gasteiger partial charge is 0.238 e. The molecule has 3 aliphatic carbocycles. The van der Waals surface area contributed by atoms with Crippen molar-refractivity contribution in [3.63, 3.8) is 0 Å². The number of phenols is 1. The van der Waals surface area contributed by atoms with Crippen molar-refractivity contribution in [1.29, 1.82) is 0 Å². The van der Waals surface area contributed by atoms with Crippen molar-refractivity contribution in [2.24, 2.45) is 23.7 Å². The molecule has 1 saturated heterocycles. The third-order valence-corrected chi connectivity index (χ3v) is 11.9. The summed E-state index contributed by atoms with van der Waals surface area (Å²) in [5, 5.41) is 10.8. The monoisotopic (exact) mass is 697 g/mol. The maximum atomic E-state index is 15.2. The number of hydrogen-bond acceptors (Lipinski definition) is 6. The number of ketones is 2. The van der Waals surface area contributed by atoms with Crippen molar-refractivity contribution in [2.75, 3.05) is 12.0 Å². The topological polar surface area (TPSA) is 101 Å². The molecule has 4 aliphatic rings. The number of amides is 2. The highest BCUT2D eigenvalue weighted by Crippen LogP contribution is 2.64. The van der Waals surface area contributed by atoms with Crippen LogP contribution in [0.5, 0.6) is 11.5 Å². The maximum Gasteiger partial charge on any atom is 0.238 e. The van der Waals surface area contributed by atoms with Crippen LogP contribution >= 0.6 is 11.6 Å². The van der Waals surface area contributed by atoms with Crippen molar-refractivity contribution >= 4 is 46.2 Å². The van der Waals surface area contributed by atoms with Crippen LogP contribution in [0, 0.1) is 23.7 Å². The van der Waals surface area contributed by atoms with E-state index < -0.39 is 35.0 Å². The predicted octanol–water partition coefficient (Wildman–Crippen LogP) is 7.65. The van der Waals surface area contributed by atoms with E-state index in [1.54, 1.807) is 12.1 Å². The molecule has 1 N–H and O–H groups in total. The van der Waals surface area contributed by atoms with Crippen LogP contribution in [0.1, 0.15) is 47.9 Å². The quantitative estimate of drug-likeness (QED) is 0.164. The summed E-state index contributed by atoms with van der Waals surface area (Å²) in [6, 6.07) is 29.3. The van der Waals surface area contributed by atoms with Gasteiger partial charge >= 0.3 is 0 Å². The van der Waals surface area contributed by atoms with E-state index in [4.69, 9.17) is 16.3 Å². The van der Waals surface area contributed by atoms with Crippen LogP contribution < -0.4 is 9.64 Å². The number of aryl methyl sites for hydroxylation is 1. The average molecular weight is 698 g/mol. The zero-order valence-corrected chi connectivity index (χ0v) is 29.0. The summed E-state index contributed by atoms with van der Waals surface area (Å²) in [6.45, 7) is 2.05. The number of carbonyl (C=O) groups excluding carboxylic acids is 4. The number of anilines is 1.